The van der Waals surface area contributed by atoms with E-state index in [1.54, 1.807) is 0 Å². The molecule has 0 aromatic carbocycles. The molecule has 0 saturated carbocycles. The van der Waals surface area contributed by atoms with Crippen LogP contribution in [-0.2, 0) is 9.68 Å². The SMILES string of the molecule is CCCCCCCCCCCCCCCCCC(=O)OO.O. The lowest BCUT2D eigenvalue weighted by atomic mass is 10.0. The summed E-state index contributed by atoms with van der Waals surface area (Å²) in [7, 11) is 0. The van der Waals surface area contributed by atoms with E-state index < -0.39 is 5.97 Å². The topological polar surface area (TPSA) is 78.0 Å². The van der Waals surface area contributed by atoms with E-state index in [4.69, 9.17) is 5.26 Å². The summed E-state index contributed by atoms with van der Waals surface area (Å²) in [5.41, 5.74) is 0. The summed E-state index contributed by atoms with van der Waals surface area (Å²) in [6, 6.07) is 0. The predicted octanol–water partition coefficient (Wildman–Crippen LogP) is 5.44. The van der Waals surface area contributed by atoms with E-state index in [1.165, 1.54) is 83.5 Å². The minimum atomic E-state index is -0.510. The lowest BCUT2D eigenvalue weighted by molar-refractivity contribution is -0.234. The van der Waals surface area contributed by atoms with Crippen LogP contribution >= 0.6 is 0 Å². The Morgan fingerprint density at radius 3 is 1.32 bits per heavy atom. The first-order valence-corrected chi connectivity index (χ1v) is 9.15. The van der Waals surface area contributed by atoms with Crippen molar-refractivity contribution < 1.29 is 20.4 Å². The van der Waals surface area contributed by atoms with Crippen LogP contribution in [0.4, 0.5) is 0 Å². The molecule has 0 atom stereocenters. The molecule has 0 aromatic heterocycles. The van der Waals surface area contributed by atoms with Gasteiger partial charge in [-0.3, -0.25) is 0 Å². The second kappa shape index (κ2) is 20.4. The van der Waals surface area contributed by atoms with Crippen molar-refractivity contribution in [2.45, 2.75) is 110 Å². The number of carbonyl (C=O) groups excluding carboxylic acids is 1. The van der Waals surface area contributed by atoms with Crippen LogP contribution in [0.1, 0.15) is 110 Å². The Morgan fingerprint density at radius 1 is 0.682 bits per heavy atom. The van der Waals surface area contributed by atoms with Gasteiger partial charge in [-0.2, -0.15) is 5.26 Å². The van der Waals surface area contributed by atoms with Crippen LogP contribution in [0.25, 0.3) is 0 Å². The summed E-state index contributed by atoms with van der Waals surface area (Å²) in [5, 5.41) is 8.10. The van der Waals surface area contributed by atoms with Gasteiger partial charge in [0, 0.05) is 6.42 Å². The first kappa shape index (κ1) is 23.7. The quantitative estimate of drug-likeness (QED) is 0.234. The molecule has 0 aliphatic rings. The van der Waals surface area contributed by atoms with Gasteiger partial charge in [0.25, 0.3) is 0 Å². The molecule has 0 saturated heterocycles. The Morgan fingerprint density at radius 2 is 1.00 bits per heavy atom. The van der Waals surface area contributed by atoms with E-state index in [-0.39, 0.29) is 5.48 Å². The van der Waals surface area contributed by atoms with Crippen molar-refractivity contribution >= 4 is 5.97 Å². The van der Waals surface area contributed by atoms with E-state index in [1.807, 2.05) is 0 Å². The first-order chi connectivity index (χ1) is 10.3. The zero-order valence-corrected chi connectivity index (χ0v) is 14.6. The Balaban J connectivity index is 0. The molecule has 0 heterocycles. The van der Waals surface area contributed by atoms with E-state index >= 15 is 0 Å². The second-order valence-electron chi connectivity index (χ2n) is 6.16. The van der Waals surface area contributed by atoms with E-state index in [0.29, 0.717) is 6.42 Å². The highest BCUT2D eigenvalue weighted by molar-refractivity contribution is 5.68. The maximum absolute atomic E-state index is 10.7. The second-order valence-corrected chi connectivity index (χ2v) is 6.16. The molecule has 0 rings (SSSR count). The maximum atomic E-state index is 10.7. The van der Waals surface area contributed by atoms with Gasteiger partial charge in [0.1, 0.15) is 0 Å². The number of hydrogen-bond acceptors (Lipinski definition) is 3. The molecule has 3 N–H and O–H groups in total. The molecule has 0 amide bonds. The average molecular weight is 318 g/mol. The van der Waals surface area contributed by atoms with Crippen LogP contribution in [0, 0.1) is 0 Å². The summed E-state index contributed by atoms with van der Waals surface area (Å²) in [6.45, 7) is 2.27. The number of carbonyl (C=O) groups is 1. The summed E-state index contributed by atoms with van der Waals surface area (Å²) >= 11 is 0. The zero-order valence-electron chi connectivity index (χ0n) is 14.6. The standard InChI is InChI=1S/C18H36O3.H2O/c1-2-3-4-5-6-7-8-9-10-11-12-13-14-15-16-17-18(19)21-20;/h20H,2-17H2,1H3;1H2. The lowest BCUT2D eigenvalue weighted by Gasteiger charge is -2.03. The molecule has 0 aliphatic heterocycles. The Hall–Kier alpha value is -0.610. The van der Waals surface area contributed by atoms with Gasteiger partial charge >= 0.3 is 5.97 Å². The van der Waals surface area contributed by atoms with Crippen molar-refractivity contribution in [2.24, 2.45) is 0 Å². The maximum Gasteiger partial charge on any atom is 0.342 e. The lowest BCUT2D eigenvalue weighted by Crippen LogP contribution is -1.99. The molecule has 0 unspecified atom stereocenters. The Bertz CT molecular complexity index is 219. The third-order valence-electron chi connectivity index (χ3n) is 4.09. The molecule has 0 fully saturated rings. The highest BCUT2D eigenvalue weighted by atomic mass is 17.1. The van der Waals surface area contributed by atoms with Crippen LogP contribution in [0.15, 0.2) is 0 Å². The third kappa shape index (κ3) is 19.4. The summed E-state index contributed by atoms with van der Waals surface area (Å²) in [6.07, 6.45) is 20.0. The predicted molar refractivity (Wildman–Crippen MR) is 91.9 cm³/mol. The summed E-state index contributed by atoms with van der Waals surface area (Å²) < 4.78 is 0. The third-order valence-corrected chi connectivity index (χ3v) is 4.09. The monoisotopic (exact) mass is 318 g/mol. The number of rotatable bonds is 16. The molecule has 0 bridgehead atoms. The minimum Gasteiger partial charge on any atom is -0.412 e. The van der Waals surface area contributed by atoms with Crippen LogP contribution in [0.3, 0.4) is 0 Å². The molecule has 134 valence electrons. The largest absolute Gasteiger partial charge is 0.412 e. The molecule has 0 spiro atoms. The van der Waals surface area contributed by atoms with E-state index in [2.05, 4.69) is 11.8 Å². The normalized spacial score (nSPS) is 10.3. The zero-order chi connectivity index (χ0) is 15.6. The van der Waals surface area contributed by atoms with Crippen molar-refractivity contribution in [2.75, 3.05) is 0 Å². The molecule has 4 nitrogen and oxygen atoms in total. The Kier molecular flexibility index (Phi) is 21.9. The van der Waals surface area contributed by atoms with Crippen molar-refractivity contribution in [1.29, 1.82) is 0 Å². The van der Waals surface area contributed by atoms with Gasteiger partial charge in [-0.05, 0) is 6.42 Å². The molecular weight excluding hydrogens is 280 g/mol. The van der Waals surface area contributed by atoms with Crippen LogP contribution in [0.5, 0.6) is 0 Å². The van der Waals surface area contributed by atoms with Crippen molar-refractivity contribution in [3.05, 3.63) is 0 Å². The number of hydrogen-bond donors (Lipinski definition) is 1. The number of unbranched alkanes of at least 4 members (excludes halogenated alkanes) is 14. The molecule has 4 heteroatoms. The van der Waals surface area contributed by atoms with Crippen LogP contribution in [0.2, 0.25) is 0 Å². The highest BCUT2D eigenvalue weighted by Gasteiger charge is 2.00. The highest BCUT2D eigenvalue weighted by Crippen LogP contribution is 2.13. The van der Waals surface area contributed by atoms with Gasteiger partial charge in [-0.25, -0.2) is 4.79 Å². The smallest absolute Gasteiger partial charge is 0.342 e. The first-order valence-electron chi connectivity index (χ1n) is 9.15. The van der Waals surface area contributed by atoms with Gasteiger partial charge in [-0.15, -0.1) is 0 Å². The van der Waals surface area contributed by atoms with Crippen molar-refractivity contribution in [1.82, 2.24) is 0 Å². The Labute approximate surface area is 136 Å². The van der Waals surface area contributed by atoms with E-state index in [9.17, 15) is 4.79 Å². The molecule has 22 heavy (non-hydrogen) atoms. The van der Waals surface area contributed by atoms with Gasteiger partial charge in [-0.1, -0.05) is 96.8 Å². The fourth-order valence-corrected chi connectivity index (χ4v) is 2.69. The summed E-state index contributed by atoms with van der Waals surface area (Å²) in [5.74, 6) is -0.510. The van der Waals surface area contributed by atoms with Gasteiger partial charge in [0.05, 0.1) is 0 Å². The van der Waals surface area contributed by atoms with E-state index in [0.717, 1.165) is 12.8 Å². The molecule has 0 aliphatic carbocycles. The van der Waals surface area contributed by atoms with Crippen LogP contribution in [-0.4, -0.2) is 16.7 Å². The minimum absolute atomic E-state index is 0. The molecular formula is C18H38O4. The van der Waals surface area contributed by atoms with Gasteiger partial charge < -0.3 is 10.4 Å². The molecule has 0 radical (unpaired) electrons. The molecule has 0 aromatic rings. The average Bonchev–Trinajstić information content (AvgIpc) is 2.50. The van der Waals surface area contributed by atoms with Crippen molar-refractivity contribution in [3.8, 4) is 0 Å². The van der Waals surface area contributed by atoms with Crippen molar-refractivity contribution in [3.63, 3.8) is 0 Å². The van der Waals surface area contributed by atoms with Gasteiger partial charge in [0.2, 0.25) is 0 Å². The summed E-state index contributed by atoms with van der Waals surface area (Å²) in [4.78, 5) is 14.3. The fraction of sp³-hybridized carbons (Fsp3) is 0.944. The van der Waals surface area contributed by atoms with Gasteiger partial charge in [0.15, 0.2) is 0 Å². The fourth-order valence-electron chi connectivity index (χ4n) is 2.69. The van der Waals surface area contributed by atoms with Crippen LogP contribution < -0.4 is 0 Å².